The summed E-state index contributed by atoms with van der Waals surface area (Å²) in [6.45, 7) is 3.52. The molecular formula is C9H10ClN3O2S2. The van der Waals surface area contributed by atoms with E-state index >= 15 is 0 Å². The van der Waals surface area contributed by atoms with Gasteiger partial charge in [-0.1, -0.05) is 11.6 Å². The molecule has 0 saturated heterocycles. The normalized spacial score (nSPS) is 11.7. The zero-order valence-corrected chi connectivity index (χ0v) is 11.5. The Hall–Kier alpha value is -1.05. The van der Waals surface area contributed by atoms with E-state index in [0.717, 1.165) is 22.5 Å². The molecule has 2 rings (SSSR count). The number of rotatable bonds is 3. The Morgan fingerprint density at radius 2 is 2.12 bits per heavy atom. The molecule has 0 radical (unpaired) electrons. The molecule has 5 nitrogen and oxygen atoms in total. The van der Waals surface area contributed by atoms with Crippen LogP contribution in [0.2, 0.25) is 4.34 Å². The van der Waals surface area contributed by atoms with Gasteiger partial charge in [0.2, 0.25) is 0 Å². The Labute approximate surface area is 108 Å². The molecule has 2 heterocycles. The van der Waals surface area contributed by atoms with Gasteiger partial charge >= 0.3 is 0 Å². The molecule has 0 aliphatic carbocycles. The van der Waals surface area contributed by atoms with Gasteiger partial charge in [-0.05, 0) is 25.5 Å². The predicted molar refractivity (Wildman–Crippen MR) is 68.2 cm³/mol. The molecule has 0 bridgehead atoms. The molecule has 0 unspecified atom stereocenters. The zero-order valence-electron chi connectivity index (χ0n) is 9.11. The van der Waals surface area contributed by atoms with E-state index in [1.165, 1.54) is 0 Å². The van der Waals surface area contributed by atoms with Crippen molar-refractivity contribution in [3.63, 3.8) is 0 Å². The van der Waals surface area contributed by atoms with Gasteiger partial charge in [0.05, 0.1) is 10.5 Å². The highest BCUT2D eigenvalue weighted by Gasteiger charge is 2.19. The first kappa shape index (κ1) is 12.4. The van der Waals surface area contributed by atoms with Crippen molar-refractivity contribution < 1.29 is 8.42 Å². The van der Waals surface area contributed by atoms with E-state index in [4.69, 9.17) is 11.6 Å². The van der Waals surface area contributed by atoms with Gasteiger partial charge in [-0.3, -0.25) is 9.82 Å². The highest BCUT2D eigenvalue weighted by Crippen LogP contribution is 2.31. The lowest BCUT2D eigenvalue weighted by atomic mass is 10.4. The number of hydrogen-bond acceptors (Lipinski definition) is 4. The summed E-state index contributed by atoms with van der Waals surface area (Å²) in [6.07, 6.45) is 1.55. The topological polar surface area (TPSA) is 74.8 Å². The fourth-order valence-corrected chi connectivity index (χ4v) is 3.99. The summed E-state index contributed by atoms with van der Waals surface area (Å²) in [5.41, 5.74) is 1.48. The molecule has 0 aromatic carbocycles. The van der Waals surface area contributed by atoms with E-state index in [1.807, 2.05) is 0 Å². The monoisotopic (exact) mass is 291 g/mol. The van der Waals surface area contributed by atoms with Crippen LogP contribution in [0.4, 0.5) is 5.82 Å². The second-order valence-electron chi connectivity index (χ2n) is 3.56. The summed E-state index contributed by atoms with van der Waals surface area (Å²) in [4.78, 5) is 0. The summed E-state index contributed by atoms with van der Waals surface area (Å²) >= 11 is 6.88. The molecule has 0 spiro atoms. The van der Waals surface area contributed by atoms with Crippen LogP contribution in [0.5, 0.6) is 0 Å². The van der Waals surface area contributed by atoms with Crippen LogP contribution in [0.3, 0.4) is 0 Å². The second kappa shape index (κ2) is 4.32. The van der Waals surface area contributed by atoms with E-state index in [2.05, 4.69) is 14.9 Å². The highest BCUT2D eigenvalue weighted by molar-refractivity contribution is 7.94. The number of sulfonamides is 1. The quantitative estimate of drug-likeness (QED) is 0.912. The van der Waals surface area contributed by atoms with Crippen molar-refractivity contribution in [1.82, 2.24) is 10.2 Å². The third-order valence-electron chi connectivity index (χ3n) is 2.16. The van der Waals surface area contributed by atoms with Crippen molar-refractivity contribution in [3.8, 4) is 0 Å². The van der Waals surface area contributed by atoms with Gasteiger partial charge in [-0.25, -0.2) is 8.42 Å². The van der Waals surface area contributed by atoms with Crippen LogP contribution in [-0.2, 0) is 10.0 Å². The molecule has 2 N–H and O–H groups in total. The maximum absolute atomic E-state index is 12.0. The van der Waals surface area contributed by atoms with Crippen LogP contribution in [0.15, 0.2) is 16.5 Å². The average Bonchev–Trinajstić information content (AvgIpc) is 2.76. The number of hydrogen-bond donors (Lipinski definition) is 2. The number of halogens is 1. The molecule has 0 saturated carbocycles. The van der Waals surface area contributed by atoms with Crippen molar-refractivity contribution in [2.45, 2.75) is 18.1 Å². The number of aromatic nitrogens is 2. The summed E-state index contributed by atoms with van der Waals surface area (Å²) in [6, 6.07) is 1.54. The van der Waals surface area contributed by atoms with E-state index in [0.29, 0.717) is 10.2 Å². The fraction of sp³-hybridized carbons (Fsp3) is 0.222. The number of aromatic amines is 1. The number of anilines is 1. The van der Waals surface area contributed by atoms with Gasteiger partial charge in [0.25, 0.3) is 10.0 Å². The lowest BCUT2D eigenvalue weighted by Crippen LogP contribution is -2.12. The number of aryl methyl sites for hydroxylation is 2. The van der Waals surface area contributed by atoms with E-state index < -0.39 is 10.0 Å². The van der Waals surface area contributed by atoms with Crippen LogP contribution < -0.4 is 4.72 Å². The Kier molecular flexibility index (Phi) is 3.15. The molecule has 17 heavy (non-hydrogen) atoms. The molecule has 0 aliphatic rings. The number of thiophene rings is 1. The summed E-state index contributed by atoms with van der Waals surface area (Å²) < 4.78 is 27.1. The standard InChI is InChI=1S/C9H10ClN3O2S2/c1-5-3-7(16-8(5)10)17(14,15)13-9-6(2)4-11-12-9/h3-4H,1-2H3,(H2,11,12,13). The van der Waals surface area contributed by atoms with E-state index in [9.17, 15) is 8.42 Å². The van der Waals surface area contributed by atoms with Crippen LogP contribution in [-0.4, -0.2) is 18.6 Å². The molecular weight excluding hydrogens is 282 g/mol. The Balaban J connectivity index is 2.35. The lowest BCUT2D eigenvalue weighted by molar-refractivity contribution is 0.603. The van der Waals surface area contributed by atoms with E-state index in [1.54, 1.807) is 26.1 Å². The molecule has 8 heteroatoms. The predicted octanol–water partition coefficient (Wildman–Crippen LogP) is 2.54. The smallest absolute Gasteiger partial charge is 0.263 e. The van der Waals surface area contributed by atoms with Gasteiger partial charge in [-0.2, -0.15) is 5.10 Å². The minimum Gasteiger partial charge on any atom is -0.263 e. The highest BCUT2D eigenvalue weighted by atomic mass is 35.5. The first-order valence-electron chi connectivity index (χ1n) is 4.69. The van der Waals surface area contributed by atoms with Gasteiger partial charge in [-0.15, -0.1) is 11.3 Å². The minimum atomic E-state index is -3.59. The Bertz CT molecular complexity index is 626. The van der Waals surface area contributed by atoms with Gasteiger partial charge in [0, 0.05) is 5.56 Å². The van der Waals surface area contributed by atoms with Gasteiger partial charge < -0.3 is 0 Å². The summed E-state index contributed by atoms with van der Waals surface area (Å²) in [5, 5.41) is 6.33. The van der Waals surface area contributed by atoms with Gasteiger partial charge in [0.15, 0.2) is 0 Å². The third kappa shape index (κ3) is 2.46. The number of nitrogens with one attached hydrogen (secondary N) is 2. The van der Waals surface area contributed by atoms with Crippen molar-refractivity contribution in [2.24, 2.45) is 0 Å². The molecule has 92 valence electrons. The van der Waals surface area contributed by atoms with Gasteiger partial charge in [0.1, 0.15) is 10.0 Å². The molecule has 0 amide bonds. The van der Waals surface area contributed by atoms with Crippen molar-refractivity contribution in [1.29, 1.82) is 0 Å². The molecule has 0 aliphatic heterocycles. The Morgan fingerprint density at radius 3 is 2.59 bits per heavy atom. The van der Waals surface area contributed by atoms with Crippen LogP contribution in [0.1, 0.15) is 11.1 Å². The van der Waals surface area contributed by atoms with Crippen molar-refractivity contribution >= 4 is 38.8 Å². The first-order valence-corrected chi connectivity index (χ1v) is 7.36. The minimum absolute atomic E-state index is 0.189. The van der Waals surface area contributed by atoms with Crippen LogP contribution in [0, 0.1) is 13.8 Å². The largest absolute Gasteiger partial charge is 0.272 e. The third-order valence-corrected chi connectivity index (χ3v) is 5.54. The van der Waals surface area contributed by atoms with Crippen LogP contribution >= 0.6 is 22.9 Å². The van der Waals surface area contributed by atoms with Crippen molar-refractivity contribution in [2.75, 3.05) is 4.72 Å². The lowest BCUT2D eigenvalue weighted by Gasteiger charge is -2.03. The summed E-state index contributed by atoms with van der Waals surface area (Å²) in [7, 11) is -3.59. The van der Waals surface area contributed by atoms with E-state index in [-0.39, 0.29) is 4.21 Å². The molecule has 0 atom stereocenters. The van der Waals surface area contributed by atoms with Crippen molar-refractivity contribution in [3.05, 3.63) is 27.7 Å². The maximum Gasteiger partial charge on any atom is 0.272 e. The molecule has 2 aromatic heterocycles. The second-order valence-corrected chi connectivity index (χ2v) is 7.12. The SMILES string of the molecule is Cc1cn[nH]c1NS(=O)(=O)c1cc(C)c(Cl)s1. The molecule has 2 aromatic rings. The number of H-pyrrole nitrogens is 1. The fourth-order valence-electron chi connectivity index (χ4n) is 1.20. The maximum atomic E-state index is 12.0. The first-order chi connectivity index (χ1) is 7.90. The van der Waals surface area contributed by atoms with Crippen LogP contribution in [0.25, 0.3) is 0 Å². The molecule has 0 fully saturated rings. The summed E-state index contributed by atoms with van der Waals surface area (Å²) in [5.74, 6) is 0.368. The zero-order chi connectivity index (χ0) is 12.6. The average molecular weight is 292 g/mol. The Morgan fingerprint density at radius 1 is 1.41 bits per heavy atom. The number of nitrogens with zero attached hydrogens (tertiary/aromatic N) is 1.